The summed E-state index contributed by atoms with van der Waals surface area (Å²) in [7, 11) is 0. The Labute approximate surface area is 126 Å². The van der Waals surface area contributed by atoms with Gasteiger partial charge in [-0.1, -0.05) is 28.1 Å². The molecule has 1 atom stereocenters. The van der Waals surface area contributed by atoms with E-state index in [4.69, 9.17) is 5.26 Å². The summed E-state index contributed by atoms with van der Waals surface area (Å²) in [4.78, 5) is 12.1. The lowest BCUT2D eigenvalue weighted by atomic mass is 10.1. The van der Waals surface area contributed by atoms with E-state index in [1.165, 1.54) is 0 Å². The highest BCUT2D eigenvalue weighted by atomic mass is 79.9. The number of benzene rings is 2. The molecule has 4 heteroatoms. The first-order valence-electron chi connectivity index (χ1n) is 6.16. The van der Waals surface area contributed by atoms with Crippen molar-refractivity contribution in [2.45, 2.75) is 13.0 Å². The van der Waals surface area contributed by atoms with E-state index in [1.54, 1.807) is 24.3 Å². The maximum Gasteiger partial charge on any atom is 0.251 e. The van der Waals surface area contributed by atoms with Crippen molar-refractivity contribution in [3.8, 4) is 6.07 Å². The van der Waals surface area contributed by atoms with Crippen molar-refractivity contribution in [1.82, 2.24) is 5.32 Å². The SMILES string of the molecule is C[C@@H](NC(=O)c1ccc(C#N)cc1)c1cccc(Br)c1. The van der Waals surface area contributed by atoms with Crippen molar-refractivity contribution in [1.29, 1.82) is 5.26 Å². The Hall–Kier alpha value is -2.12. The summed E-state index contributed by atoms with van der Waals surface area (Å²) in [5.74, 6) is -0.151. The van der Waals surface area contributed by atoms with Gasteiger partial charge in [-0.2, -0.15) is 5.26 Å². The van der Waals surface area contributed by atoms with Crippen LogP contribution in [0.1, 0.15) is 34.5 Å². The molecule has 2 aromatic carbocycles. The van der Waals surface area contributed by atoms with Crippen LogP contribution in [-0.2, 0) is 0 Å². The van der Waals surface area contributed by atoms with Crippen LogP contribution in [-0.4, -0.2) is 5.91 Å². The van der Waals surface area contributed by atoms with Crippen LogP contribution >= 0.6 is 15.9 Å². The van der Waals surface area contributed by atoms with Crippen LogP contribution in [0.25, 0.3) is 0 Å². The maximum absolute atomic E-state index is 12.1. The smallest absolute Gasteiger partial charge is 0.251 e. The highest BCUT2D eigenvalue weighted by Gasteiger charge is 2.11. The molecule has 0 aliphatic heterocycles. The Morgan fingerprint density at radius 1 is 1.25 bits per heavy atom. The zero-order chi connectivity index (χ0) is 14.5. The number of nitrogens with zero attached hydrogens (tertiary/aromatic N) is 1. The van der Waals surface area contributed by atoms with Crippen LogP contribution in [0, 0.1) is 11.3 Å². The van der Waals surface area contributed by atoms with Gasteiger partial charge in [-0.25, -0.2) is 0 Å². The molecule has 0 saturated carbocycles. The number of rotatable bonds is 3. The molecule has 3 nitrogen and oxygen atoms in total. The minimum Gasteiger partial charge on any atom is -0.346 e. The van der Waals surface area contributed by atoms with Gasteiger partial charge in [0.25, 0.3) is 5.91 Å². The first kappa shape index (κ1) is 14.3. The highest BCUT2D eigenvalue weighted by molar-refractivity contribution is 9.10. The van der Waals surface area contributed by atoms with Gasteiger partial charge in [0.15, 0.2) is 0 Å². The fourth-order valence-corrected chi connectivity index (χ4v) is 2.25. The minimum atomic E-state index is -0.151. The van der Waals surface area contributed by atoms with E-state index in [-0.39, 0.29) is 11.9 Å². The Balaban J connectivity index is 2.09. The summed E-state index contributed by atoms with van der Waals surface area (Å²) in [6, 6.07) is 16.3. The summed E-state index contributed by atoms with van der Waals surface area (Å²) >= 11 is 3.41. The van der Waals surface area contributed by atoms with Crippen LogP contribution in [0.2, 0.25) is 0 Å². The number of amides is 1. The van der Waals surface area contributed by atoms with E-state index in [0.717, 1.165) is 10.0 Å². The largest absolute Gasteiger partial charge is 0.346 e. The third-order valence-corrected chi connectivity index (χ3v) is 3.47. The molecule has 2 rings (SSSR count). The van der Waals surface area contributed by atoms with Crippen molar-refractivity contribution < 1.29 is 4.79 Å². The Morgan fingerprint density at radius 3 is 2.55 bits per heavy atom. The van der Waals surface area contributed by atoms with Crippen LogP contribution in [0.4, 0.5) is 0 Å². The predicted octanol–water partition coefficient (Wildman–Crippen LogP) is 3.81. The van der Waals surface area contributed by atoms with E-state index in [2.05, 4.69) is 21.2 Å². The average Bonchev–Trinajstić information content (AvgIpc) is 2.47. The van der Waals surface area contributed by atoms with Crippen molar-refractivity contribution in [2.24, 2.45) is 0 Å². The summed E-state index contributed by atoms with van der Waals surface area (Å²) in [5.41, 5.74) is 2.12. The number of carbonyl (C=O) groups excluding carboxylic acids is 1. The number of nitrogens with one attached hydrogen (secondary N) is 1. The molecule has 2 aromatic rings. The van der Waals surface area contributed by atoms with Gasteiger partial charge >= 0.3 is 0 Å². The van der Waals surface area contributed by atoms with E-state index < -0.39 is 0 Å². The molecule has 0 aliphatic carbocycles. The number of hydrogen-bond donors (Lipinski definition) is 1. The zero-order valence-corrected chi connectivity index (χ0v) is 12.5. The number of nitriles is 1. The Kier molecular flexibility index (Phi) is 4.54. The second-order valence-corrected chi connectivity index (χ2v) is 5.35. The van der Waals surface area contributed by atoms with Crippen molar-refractivity contribution >= 4 is 21.8 Å². The molecule has 0 unspecified atom stereocenters. The number of halogens is 1. The van der Waals surface area contributed by atoms with E-state index in [0.29, 0.717) is 11.1 Å². The van der Waals surface area contributed by atoms with Crippen LogP contribution in [0.5, 0.6) is 0 Å². The van der Waals surface area contributed by atoms with Crippen molar-refractivity contribution in [3.05, 3.63) is 69.7 Å². The quantitative estimate of drug-likeness (QED) is 0.931. The topological polar surface area (TPSA) is 52.9 Å². The molecular weight excluding hydrogens is 316 g/mol. The lowest BCUT2D eigenvalue weighted by Crippen LogP contribution is -2.26. The third kappa shape index (κ3) is 3.46. The standard InChI is InChI=1S/C16H13BrN2O/c1-11(14-3-2-4-15(17)9-14)19-16(20)13-7-5-12(10-18)6-8-13/h2-9,11H,1H3,(H,19,20)/t11-/m1/s1. The molecule has 20 heavy (non-hydrogen) atoms. The first-order valence-corrected chi connectivity index (χ1v) is 6.96. The summed E-state index contributed by atoms with van der Waals surface area (Å²) < 4.78 is 0.981. The van der Waals surface area contributed by atoms with E-state index >= 15 is 0 Å². The van der Waals surface area contributed by atoms with Gasteiger partial charge in [-0.3, -0.25) is 4.79 Å². The first-order chi connectivity index (χ1) is 9.60. The van der Waals surface area contributed by atoms with Gasteiger partial charge in [-0.15, -0.1) is 0 Å². The van der Waals surface area contributed by atoms with Gasteiger partial charge in [0.2, 0.25) is 0 Å². The fourth-order valence-electron chi connectivity index (χ4n) is 1.84. The monoisotopic (exact) mass is 328 g/mol. The fraction of sp³-hybridized carbons (Fsp3) is 0.125. The van der Waals surface area contributed by atoms with Crippen molar-refractivity contribution in [3.63, 3.8) is 0 Å². The van der Waals surface area contributed by atoms with Crippen LogP contribution in [0.3, 0.4) is 0 Å². The molecule has 100 valence electrons. The molecule has 0 saturated heterocycles. The number of hydrogen-bond acceptors (Lipinski definition) is 2. The average molecular weight is 329 g/mol. The Bertz CT molecular complexity index is 659. The van der Waals surface area contributed by atoms with Crippen molar-refractivity contribution in [2.75, 3.05) is 0 Å². The van der Waals surface area contributed by atoms with Gasteiger partial charge < -0.3 is 5.32 Å². The lowest BCUT2D eigenvalue weighted by Gasteiger charge is -2.14. The second-order valence-electron chi connectivity index (χ2n) is 4.44. The second kappa shape index (κ2) is 6.36. The molecule has 0 spiro atoms. The van der Waals surface area contributed by atoms with Gasteiger partial charge in [0.1, 0.15) is 0 Å². The van der Waals surface area contributed by atoms with E-state index in [1.807, 2.05) is 37.3 Å². The Morgan fingerprint density at radius 2 is 1.95 bits per heavy atom. The zero-order valence-electron chi connectivity index (χ0n) is 10.9. The van der Waals surface area contributed by atoms with Gasteiger partial charge in [0.05, 0.1) is 17.7 Å². The van der Waals surface area contributed by atoms with E-state index in [9.17, 15) is 4.79 Å². The maximum atomic E-state index is 12.1. The molecule has 0 bridgehead atoms. The third-order valence-electron chi connectivity index (χ3n) is 2.97. The molecule has 1 amide bonds. The highest BCUT2D eigenvalue weighted by Crippen LogP contribution is 2.18. The van der Waals surface area contributed by atoms with Gasteiger partial charge in [0, 0.05) is 10.0 Å². The summed E-state index contributed by atoms with van der Waals surface area (Å²) in [6.45, 7) is 1.93. The molecule has 0 aliphatic rings. The summed E-state index contributed by atoms with van der Waals surface area (Å²) in [5, 5.41) is 11.7. The molecule has 0 aromatic heterocycles. The molecule has 0 heterocycles. The predicted molar refractivity (Wildman–Crippen MR) is 81.2 cm³/mol. The molecule has 1 N–H and O–H groups in total. The minimum absolute atomic E-state index is 0.0874. The molecule has 0 radical (unpaired) electrons. The normalized spacial score (nSPS) is 11.4. The lowest BCUT2D eigenvalue weighted by molar-refractivity contribution is 0.0940. The molecular formula is C16H13BrN2O. The van der Waals surface area contributed by atoms with Gasteiger partial charge in [-0.05, 0) is 48.9 Å². The molecule has 0 fully saturated rings. The number of carbonyl (C=O) groups is 1. The summed E-state index contributed by atoms with van der Waals surface area (Å²) in [6.07, 6.45) is 0. The van der Waals surface area contributed by atoms with Crippen LogP contribution < -0.4 is 5.32 Å². The van der Waals surface area contributed by atoms with Crippen LogP contribution in [0.15, 0.2) is 53.0 Å².